The Labute approximate surface area is 96.2 Å². The molecule has 0 saturated heterocycles. The number of aromatic nitrogens is 1. The molecule has 0 saturated carbocycles. The molecule has 0 unspecified atom stereocenters. The van der Waals surface area contributed by atoms with Crippen LogP contribution in [-0.2, 0) is 0 Å². The number of hydrogen-bond acceptors (Lipinski definition) is 3. The summed E-state index contributed by atoms with van der Waals surface area (Å²) < 4.78 is 0. The number of pyridine rings is 1. The average Bonchev–Trinajstić information content (AvgIpc) is 2.27. The third kappa shape index (κ3) is 5.00. The zero-order chi connectivity index (χ0) is 10.9. The first-order chi connectivity index (χ1) is 7.36. The van der Waals surface area contributed by atoms with Gasteiger partial charge in [-0.05, 0) is 44.0 Å². The largest absolute Gasteiger partial charge is 0.319 e. The molecule has 0 fully saturated rings. The topological polar surface area (TPSA) is 24.9 Å². The summed E-state index contributed by atoms with van der Waals surface area (Å²) in [6.07, 6.45) is 7.19. The highest BCUT2D eigenvalue weighted by Crippen LogP contribution is 2.16. The first kappa shape index (κ1) is 12.3. The molecule has 0 atom stereocenters. The van der Waals surface area contributed by atoms with Crippen LogP contribution in [0.3, 0.4) is 0 Å². The quantitative estimate of drug-likeness (QED) is 0.592. The number of nitrogens with zero attached hydrogens (tertiary/aromatic N) is 1. The van der Waals surface area contributed by atoms with Crippen LogP contribution in [0.1, 0.15) is 19.0 Å². The van der Waals surface area contributed by atoms with Crippen LogP contribution in [0.25, 0.3) is 6.08 Å². The Bertz CT molecular complexity index is 293. The lowest BCUT2D eigenvalue weighted by molar-refractivity contribution is 0.809. The standard InChI is InChI=1S/C12H18N2S/c1-3-15-12-8-7-11(14-10-12)6-4-5-9-13-2/h4,6-8,10,13H,3,5,9H2,1-2H3. The Morgan fingerprint density at radius 2 is 2.33 bits per heavy atom. The van der Waals surface area contributed by atoms with E-state index in [4.69, 9.17) is 0 Å². The van der Waals surface area contributed by atoms with Crippen LogP contribution in [-0.4, -0.2) is 24.3 Å². The molecule has 1 rings (SSSR count). The van der Waals surface area contributed by atoms with Gasteiger partial charge in [-0.25, -0.2) is 0 Å². The highest BCUT2D eigenvalue weighted by atomic mass is 32.2. The molecule has 1 heterocycles. The molecule has 1 aromatic heterocycles. The van der Waals surface area contributed by atoms with E-state index in [1.807, 2.05) is 25.0 Å². The maximum atomic E-state index is 4.37. The van der Waals surface area contributed by atoms with Crippen molar-refractivity contribution in [2.75, 3.05) is 19.3 Å². The van der Waals surface area contributed by atoms with E-state index in [2.05, 4.69) is 41.5 Å². The number of hydrogen-bond donors (Lipinski definition) is 1. The van der Waals surface area contributed by atoms with E-state index >= 15 is 0 Å². The Morgan fingerprint density at radius 1 is 1.47 bits per heavy atom. The number of nitrogens with one attached hydrogen (secondary N) is 1. The first-order valence-electron chi connectivity index (χ1n) is 5.26. The minimum Gasteiger partial charge on any atom is -0.319 e. The van der Waals surface area contributed by atoms with Crippen molar-refractivity contribution in [1.82, 2.24) is 10.3 Å². The van der Waals surface area contributed by atoms with Crippen molar-refractivity contribution in [2.45, 2.75) is 18.2 Å². The maximum Gasteiger partial charge on any atom is 0.0627 e. The highest BCUT2D eigenvalue weighted by Gasteiger charge is 1.92. The lowest BCUT2D eigenvalue weighted by atomic mass is 10.3. The fourth-order valence-corrected chi connectivity index (χ4v) is 1.80. The molecule has 2 nitrogen and oxygen atoms in total. The van der Waals surface area contributed by atoms with Gasteiger partial charge in [-0.2, -0.15) is 0 Å². The minimum absolute atomic E-state index is 1.01. The zero-order valence-corrected chi connectivity index (χ0v) is 10.2. The summed E-state index contributed by atoms with van der Waals surface area (Å²) in [7, 11) is 1.96. The van der Waals surface area contributed by atoms with E-state index in [9.17, 15) is 0 Å². The third-order valence-corrected chi connectivity index (χ3v) is 2.78. The molecular formula is C12H18N2S. The van der Waals surface area contributed by atoms with Gasteiger partial charge >= 0.3 is 0 Å². The molecule has 82 valence electrons. The molecule has 1 N–H and O–H groups in total. The van der Waals surface area contributed by atoms with E-state index in [-0.39, 0.29) is 0 Å². The van der Waals surface area contributed by atoms with E-state index in [1.165, 1.54) is 4.90 Å². The van der Waals surface area contributed by atoms with E-state index in [1.54, 1.807) is 0 Å². The summed E-state index contributed by atoms with van der Waals surface area (Å²) in [5.74, 6) is 1.10. The van der Waals surface area contributed by atoms with Crippen LogP contribution >= 0.6 is 11.8 Å². The van der Waals surface area contributed by atoms with Crippen LogP contribution in [0.5, 0.6) is 0 Å². The van der Waals surface area contributed by atoms with Gasteiger partial charge < -0.3 is 5.32 Å². The van der Waals surface area contributed by atoms with Gasteiger partial charge in [0, 0.05) is 11.1 Å². The smallest absolute Gasteiger partial charge is 0.0627 e. The van der Waals surface area contributed by atoms with Crippen molar-refractivity contribution in [1.29, 1.82) is 0 Å². The van der Waals surface area contributed by atoms with Gasteiger partial charge in [0.05, 0.1) is 5.69 Å². The van der Waals surface area contributed by atoms with Gasteiger partial charge in [-0.3, -0.25) is 4.98 Å². The van der Waals surface area contributed by atoms with Crippen molar-refractivity contribution in [3.8, 4) is 0 Å². The lowest BCUT2D eigenvalue weighted by Gasteiger charge is -1.98. The Balaban J connectivity index is 2.45. The van der Waals surface area contributed by atoms with Crippen molar-refractivity contribution in [3.63, 3.8) is 0 Å². The summed E-state index contributed by atoms with van der Waals surface area (Å²) in [6.45, 7) is 3.16. The second-order valence-corrected chi connectivity index (χ2v) is 4.48. The molecule has 0 aliphatic heterocycles. The molecule has 0 bridgehead atoms. The molecule has 0 amide bonds. The SMILES string of the molecule is CCSc1ccc(C=CCCNC)nc1. The normalized spacial score (nSPS) is 11.1. The number of rotatable bonds is 6. The van der Waals surface area contributed by atoms with Crippen LogP contribution in [0, 0.1) is 0 Å². The lowest BCUT2D eigenvalue weighted by Crippen LogP contribution is -2.05. The fourth-order valence-electron chi connectivity index (χ4n) is 1.17. The molecular weight excluding hydrogens is 204 g/mol. The molecule has 0 aliphatic rings. The van der Waals surface area contributed by atoms with E-state index in [0.717, 1.165) is 24.4 Å². The molecule has 0 aliphatic carbocycles. The van der Waals surface area contributed by atoms with E-state index in [0.29, 0.717) is 0 Å². The van der Waals surface area contributed by atoms with Gasteiger partial charge in [0.2, 0.25) is 0 Å². The van der Waals surface area contributed by atoms with Crippen molar-refractivity contribution in [3.05, 3.63) is 30.1 Å². The van der Waals surface area contributed by atoms with E-state index < -0.39 is 0 Å². The van der Waals surface area contributed by atoms with Crippen LogP contribution in [0.2, 0.25) is 0 Å². The van der Waals surface area contributed by atoms with Crippen molar-refractivity contribution in [2.24, 2.45) is 0 Å². The zero-order valence-electron chi connectivity index (χ0n) is 9.36. The average molecular weight is 222 g/mol. The predicted octanol–water partition coefficient (Wildman–Crippen LogP) is 2.82. The van der Waals surface area contributed by atoms with Crippen molar-refractivity contribution >= 4 is 17.8 Å². The van der Waals surface area contributed by atoms with Crippen LogP contribution in [0.15, 0.2) is 29.3 Å². The van der Waals surface area contributed by atoms with Gasteiger partial charge in [-0.15, -0.1) is 11.8 Å². The van der Waals surface area contributed by atoms with Crippen LogP contribution in [0.4, 0.5) is 0 Å². The fraction of sp³-hybridized carbons (Fsp3) is 0.417. The molecule has 0 spiro atoms. The van der Waals surface area contributed by atoms with Gasteiger partial charge in [-0.1, -0.05) is 13.0 Å². The summed E-state index contributed by atoms with van der Waals surface area (Å²) >= 11 is 1.82. The summed E-state index contributed by atoms with van der Waals surface area (Å²) in [4.78, 5) is 5.61. The van der Waals surface area contributed by atoms with Crippen LogP contribution < -0.4 is 5.32 Å². The summed E-state index contributed by atoms with van der Waals surface area (Å²) in [5, 5.41) is 3.10. The predicted molar refractivity (Wildman–Crippen MR) is 68.2 cm³/mol. The Kier molecular flexibility index (Phi) is 6.12. The molecule has 15 heavy (non-hydrogen) atoms. The molecule has 3 heteroatoms. The van der Waals surface area contributed by atoms with Gasteiger partial charge in [0.1, 0.15) is 0 Å². The Hall–Kier alpha value is -0.800. The Morgan fingerprint density at radius 3 is 2.93 bits per heavy atom. The first-order valence-corrected chi connectivity index (χ1v) is 6.25. The third-order valence-electron chi connectivity index (χ3n) is 1.92. The molecule has 0 radical (unpaired) electrons. The van der Waals surface area contributed by atoms with Gasteiger partial charge in [0.15, 0.2) is 0 Å². The minimum atomic E-state index is 1.01. The van der Waals surface area contributed by atoms with Gasteiger partial charge in [0.25, 0.3) is 0 Å². The monoisotopic (exact) mass is 222 g/mol. The second kappa shape index (κ2) is 7.49. The maximum absolute atomic E-state index is 4.37. The number of thioether (sulfide) groups is 1. The molecule has 1 aromatic rings. The summed E-state index contributed by atoms with van der Waals surface area (Å²) in [5.41, 5.74) is 1.03. The highest BCUT2D eigenvalue weighted by molar-refractivity contribution is 7.99. The van der Waals surface area contributed by atoms with Crippen molar-refractivity contribution < 1.29 is 0 Å². The summed E-state index contributed by atoms with van der Waals surface area (Å²) in [6, 6.07) is 4.19. The second-order valence-electron chi connectivity index (χ2n) is 3.15. The molecule has 0 aromatic carbocycles.